The van der Waals surface area contributed by atoms with E-state index in [0.717, 1.165) is 17.3 Å². The van der Waals surface area contributed by atoms with Crippen molar-refractivity contribution in [2.75, 3.05) is 11.1 Å². The molecule has 0 spiro atoms. The maximum atomic E-state index is 12.2. The van der Waals surface area contributed by atoms with Crippen LogP contribution in [0.25, 0.3) is 10.8 Å². The van der Waals surface area contributed by atoms with Crippen LogP contribution < -0.4 is 11.1 Å². The minimum absolute atomic E-state index is 0.287. The highest BCUT2D eigenvalue weighted by molar-refractivity contribution is 6.06. The molecule has 0 aliphatic rings. The molecule has 0 fully saturated rings. The summed E-state index contributed by atoms with van der Waals surface area (Å²) >= 11 is 0. The van der Waals surface area contributed by atoms with Crippen LogP contribution >= 0.6 is 0 Å². The Hall–Kier alpha value is -2.89. The van der Waals surface area contributed by atoms with E-state index in [4.69, 9.17) is 5.73 Å². The van der Waals surface area contributed by atoms with Crippen LogP contribution in [0.15, 0.2) is 42.7 Å². The summed E-state index contributed by atoms with van der Waals surface area (Å²) in [4.78, 5) is 16.4. The van der Waals surface area contributed by atoms with Crippen molar-refractivity contribution in [3.8, 4) is 0 Å². The zero-order chi connectivity index (χ0) is 14.8. The molecule has 0 saturated heterocycles. The lowest BCUT2D eigenvalue weighted by Crippen LogP contribution is -2.14. The number of amides is 1. The zero-order valence-corrected chi connectivity index (χ0v) is 11.6. The largest absolute Gasteiger partial charge is 0.383 e. The van der Waals surface area contributed by atoms with Crippen LogP contribution in [0.4, 0.5) is 11.5 Å². The van der Waals surface area contributed by atoms with Crippen molar-refractivity contribution in [3.63, 3.8) is 0 Å². The second kappa shape index (κ2) is 5.24. The molecule has 0 aliphatic heterocycles. The fraction of sp³-hybridized carbons (Fsp3) is 0.133. The van der Waals surface area contributed by atoms with Crippen LogP contribution in [0.2, 0.25) is 0 Å². The van der Waals surface area contributed by atoms with Crippen LogP contribution in [0.1, 0.15) is 17.4 Å². The predicted molar refractivity (Wildman–Crippen MR) is 82.0 cm³/mol. The Balaban J connectivity index is 1.90. The van der Waals surface area contributed by atoms with E-state index >= 15 is 0 Å². The van der Waals surface area contributed by atoms with E-state index in [1.54, 1.807) is 23.1 Å². The van der Waals surface area contributed by atoms with Gasteiger partial charge in [-0.05, 0) is 18.4 Å². The molecule has 3 N–H and O–H groups in total. The Kier molecular flexibility index (Phi) is 3.27. The molecule has 6 nitrogen and oxygen atoms in total. The van der Waals surface area contributed by atoms with E-state index in [1.807, 2.05) is 31.2 Å². The standard InChI is InChI=1S/C15H15N5O/c1-2-20-9-11(8-17-20)18-15(21)13-7-10-5-3-4-6-12(10)14(16)19-13/h3-9H,2H2,1H3,(H2,16,19)(H,18,21). The number of aromatic nitrogens is 3. The second-order valence-electron chi connectivity index (χ2n) is 4.65. The maximum Gasteiger partial charge on any atom is 0.274 e. The number of carbonyl (C=O) groups is 1. The Morgan fingerprint density at radius 1 is 1.38 bits per heavy atom. The summed E-state index contributed by atoms with van der Waals surface area (Å²) in [6.07, 6.45) is 3.37. The van der Waals surface area contributed by atoms with E-state index in [2.05, 4.69) is 15.4 Å². The van der Waals surface area contributed by atoms with Gasteiger partial charge in [-0.15, -0.1) is 0 Å². The van der Waals surface area contributed by atoms with Gasteiger partial charge in [0, 0.05) is 18.1 Å². The Morgan fingerprint density at radius 2 is 2.19 bits per heavy atom. The quantitative estimate of drug-likeness (QED) is 0.771. The van der Waals surface area contributed by atoms with Crippen molar-refractivity contribution in [2.24, 2.45) is 0 Å². The van der Waals surface area contributed by atoms with Crippen molar-refractivity contribution in [2.45, 2.75) is 13.5 Å². The molecule has 3 rings (SSSR count). The van der Waals surface area contributed by atoms with Gasteiger partial charge >= 0.3 is 0 Å². The molecule has 21 heavy (non-hydrogen) atoms. The summed E-state index contributed by atoms with van der Waals surface area (Å²) in [7, 11) is 0. The van der Waals surface area contributed by atoms with E-state index in [-0.39, 0.29) is 11.6 Å². The number of nitrogens with zero attached hydrogens (tertiary/aromatic N) is 3. The second-order valence-corrected chi connectivity index (χ2v) is 4.65. The number of hydrogen-bond acceptors (Lipinski definition) is 4. The first-order valence-corrected chi connectivity index (χ1v) is 6.66. The average molecular weight is 281 g/mol. The monoisotopic (exact) mass is 281 g/mol. The van der Waals surface area contributed by atoms with Crippen molar-refractivity contribution >= 4 is 28.2 Å². The SMILES string of the molecule is CCn1cc(NC(=O)c2cc3ccccc3c(N)n2)cn1. The van der Waals surface area contributed by atoms with E-state index in [1.165, 1.54) is 0 Å². The summed E-state index contributed by atoms with van der Waals surface area (Å²) in [5, 5.41) is 8.60. The third-order valence-electron chi connectivity index (χ3n) is 3.22. The molecule has 2 aromatic heterocycles. The first-order valence-electron chi connectivity index (χ1n) is 6.66. The summed E-state index contributed by atoms with van der Waals surface area (Å²) in [6, 6.07) is 9.29. The van der Waals surface area contributed by atoms with Crippen LogP contribution in [0.5, 0.6) is 0 Å². The normalized spacial score (nSPS) is 10.7. The van der Waals surface area contributed by atoms with Gasteiger partial charge < -0.3 is 11.1 Å². The number of fused-ring (bicyclic) bond motifs is 1. The van der Waals surface area contributed by atoms with Gasteiger partial charge in [0.05, 0.1) is 11.9 Å². The van der Waals surface area contributed by atoms with E-state index in [0.29, 0.717) is 11.5 Å². The van der Waals surface area contributed by atoms with Gasteiger partial charge in [-0.3, -0.25) is 9.48 Å². The number of rotatable bonds is 3. The van der Waals surface area contributed by atoms with E-state index < -0.39 is 0 Å². The third-order valence-corrected chi connectivity index (χ3v) is 3.22. The maximum absolute atomic E-state index is 12.2. The smallest absolute Gasteiger partial charge is 0.274 e. The molecule has 0 radical (unpaired) electrons. The first kappa shape index (κ1) is 13.1. The lowest BCUT2D eigenvalue weighted by Gasteiger charge is -2.06. The molecule has 1 aromatic carbocycles. The summed E-state index contributed by atoms with van der Waals surface area (Å²) in [6.45, 7) is 2.72. The zero-order valence-electron chi connectivity index (χ0n) is 11.6. The lowest BCUT2D eigenvalue weighted by molar-refractivity contribution is 0.102. The number of aryl methyl sites for hydroxylation is 1. The third kappa shape index (κ3) is 2.55. The Bertz CT molecular complexity index is 809. The van der Waals surface area contributed by atoms with Gasteiger partial charge in [0.2, 0.25) is 0 Å². The summed E-state index contributed by atoms with van der Waals surface area (Å²) < 4.78 is 1.73. The molecule has 6 heteroatoms. The van der Waals surface area contributed by atoms with Crippen LogP contribution in [-0.4, -0.2) is 20.7 Å². The number of pyridine rings is 1. The molecule has 0 aliphatic carbocycles. The fourth-order valence-electron chi connectivity index (χ4n) is 2.14. The van der Waals surface area contributed by atoms with Crippen molar-refractivity contribution in [3.05, 3.63) is 48.4 Å². The number of anilines is 2. The highest BCUT2D eigenvalue weighted by Crippen LogP contribution is 2.20. The van der Waals surface area contributed by atoms with Crippen LogP contribution in [-0.2, 0) is 6.54 Å². The van der Waals surface area contributed by atoms with Crippen molar-refractivity contribution < 1.29 is 4.79 Å². The van der Waals surface area contributed by atoms with Gasteiger partial charge in [-0.1, -0.05) is 24.3 Å². The summed E-state index contributed by atoms with van der Waals surface area (Å²) in [5.74, 6) is 0.0469. The molecule has 0 unspecified atom stereocenters. The minimum Gasteiger partial charge on any atom is -0.383 e. The number of nitrogens with one attached hydrogen (secondary N) is 1. The van der Waals surface area contributed by atoms with Crippen LogP contribution in [0, 0.1) is 0 Å². The number of carbonyl (C=O) groups excluding carboxylic acids is 1. The van der Waals surface area contributed by atoms with Gasteiger partial charge in [0.15, 0.2) is 0 Å². The number of benzene rings is 1. The van der Waals surface area contributed by atoms with E-state index in [9.17, 15) is 4.79 Å². The van der Waals surface area contributed by atoms with Gasteiger partial charge in [0.25, 0.3) is 5.91 Å². The molecule has 0 atom stereocenters. The van der Waals surface area contributed by atoms with Gasteiger partial charge in [0.1, 0.15) is 11.5 Å². The fourth-order valence-corrected chi connectivity index (χ4v) is 2.14. The predicted octanol–water partition coefficient (Wildman–Crippen LogP) is 2.29. The lowest BCUT2D eigenvalue weighted by atomic mass is 10.1. The van der Waals surface area contributed by atoms with Gasteiger partial charge in [-0.25, -0.2) is 4.98 Å². The average Bonchev–Trinajstić information content (AvgIpc) is 2.95. The van der Waals surface area contributed by atoms with Gasteiger partial charge in [-0.2, -0.15) is 5.10 Å². The summed E-state index contributed by atoms with van der Waals surface area (Å²) in [5.41, 5.74) is 6.83. The molecule has 2 heterocycles. The molecule has 1 amide bonds. The Labute approximate surface area is 121 Å². The molecule has 3 aromatic rings. The highest BCUT2D eigenvalue weighted by atomic mass is 16.1. The molecular formula is C15H15N5O. The topological polar surface area (TPSA) is 85.8 Å². The minimum atomic E-state index is -0.303. The first-order chi connectivity index (χ1) is 10.2. The number of nitrogen functional groups attached to an aromatic ring is 1. The molecule has 106 valence electrons. The molecule has 0 saturated carbocycles. The Morgan fingerprint density at radius 3 is 2.95 bits per heavy atom. The van der Waals surface area contributed by atoms with Crippen molar-refractivity contribution in [1.82, 2.24) is 14.8 Å². The van der Waals surface area contributed by atoms with Crippen molar-refractivity contribution in [1.29, 1.82) is 0 Å². The highest BCUT2D eigenvalue weighted by Gasteiger charge is 2.11. The van der Waals surface area contributed by atoms with Crippen LogP contribution in [0.3, 0.4) is 0 Å². The number of hydrogen-bond donors (Lipinski definition) is 2. The number of nitrogens with two attached hydrogens (primary N) is 1. The molecule has 0 bridgehead atoms. The molecular weight excluding hydrogens is 266 g/mol.